The zero-order valence-corrected chi connectivity index (χ0v) is 12.6. The minimum Gasteiger partial charge on any atom is -0.339 e. The van der Waals surface area contributed by atoms with Crippen molar-refractivity contribution in [2.45, 2.75) is 18.9 Å². The molecule has 0 radical (unpaired) electrons. The highest BCUT2D eigenvalue weighted by Gasteiger charge is 2.25. The van der Waals surface area contributed by atoms with Crippen LogP contribution in [0, 0.1) is 0 Å². The molecule has 4 nitrogen and oxygen atoms in total. The summed E-state index contributed by atoms with van der Waals surface area (Å²) in [5, 5.41) is 0.532. The Labute approximate surface area is 123 Å². The Bertz CT molecular complexity index is 473. The SMILES string of the molecule is CN1CCC(N(C)C(=O)c2cnc(Cl)c(Cl)c2)CC1. The largest absolute Gasteiger partial charge is 0.339 e. The van der Waals surface area contributed by atoms with Gasteiger partial charge in [0.1, 0.15) is 5.15 Å². The molecule has 19 heavy (non-hydrogen) atoms. The molecule has 1 aromatic rings. The Morgan fingerprint density at radius 3 is 2.63 bits per heavy atom. The minimum atomic E-state index is -0.0550. The van der Waals surface area contributed by atoms with E-state index in [1.807, 2.05) is 7.05 Å². The fourth-order valence-corrected chi connectivity index (χ4v) is 2.56. The van der Waals surface area contributed by atoms with Crippen LogP contribution in [0.25, 0.3) is 0 Å². The molecular weight excluding hydrogens is 285 g/mol. The molecule has 0 aliphatic carbocycles. The lowest BCUT2D eigenvalue weighted by Gasteiger charge is -2.35. The van der Waals surface area contributed by atoms with Crippen LogP contribution in [-0.4, -0.2) is 53.9 Å². The lowest BCUT2D eigenvalue weighted by molar-refractivity contribution is 0.0659. The van der Waals surface area contributed by atoms with E-state index in [1.54, 1.807) is 11.0 Å². The molecule has 0 saturated carbocycles. The van der Waals surface area contributed by atoms with E-state index in [0.29, 0.717) is 10.6 Å². The van der Waals surface area contributed by atoms with Crippen molar-refractivity contribution in [2.75, 3.05) is 27.2 Å². The molecule has 1 aliphatic rings. The lowest BCUT2D eigenvalue weighted by Crippen LogP contribution is -2.44. The number of pyridine rings is 1. The van der Waals surface area contributed by atoms with E-state index in [9.17, 15) is 4.79 Å². The number of aromatic nitrogens is 1. The van der Waals surface area contributed by atoms with Crippen molar-refractivity contribution in [3.05, 3.63) is 28.0 Å². The van der Waals surface area contributed by atoms with Gasteiger partial charge in [0.25, 0.3) is 5.91 Å². The van der Waals surface area contributed by atoms with E-state index in [4.69, 9.17) is 23.2 Å². The summed E-state index contributed by atoms with van der Waals surface area (Å²) in [7, 11) is 3.93. The predicted molar refractivity (Wildman–Crippen MR) is 76.9 cm³/mol. The average Bonchev–Trinajstić information content (AvgIpc) is 2.41. The molecule has 2 rings (SSSR count). The van der Waals surface area contributed by atoms with E-state index in [0.717, 1.165) is 25.9 Å². The second kappa shape index (κ2) is 6.07. The van der Waals surface area contributed by atoms with Crippen LogP contribution in [0.2, 0.25) is 10.2 Å². The number of carbonyl (C=O) groups is 1. The fourth-order valence-electron chi connectivity index (χ4n) is 2.29. The van der Waals surface area contributed by atoms with E-state index in [1.165, 1.54) is 6.20 Å². The highest BCUT2D eigenvalue weighted by atomic mass is 35.5. The number of likely N-dealkylation sites (tertiary alicyclic amines) is 1. The van der Waals surface area contributed by atoms with Gasteiger partial charge in [0.05, 0.1) is 10.6 Å². The molecule has 0 unspecified atom stereocenters. The molecule has 1 aliphatic heterocycles. The van der Waals surface area contributed by atoms with Crippen LogP contribution < -0.4 is 0 Å². The second-order valence-corrected chi connectivity index (χ2v) is 5.71. The Morgan fingerprint density at radius 2 is 2.05 bits per heavy atom. The molecule has 1 aromatic heterocycles. The van der Waals surface area contributed by atoms with Crippen molar-refractivity contribution in [2.24, 2.45) is 0 Å². The van der Waals surface area contributed by atoms with E-state index < -0.39 is 0 Å². The van der Waals surface area contributed by atoms with Crippen molar-refractivity contribution in [1.82, 2.24) is 14.8 Å². The molecule has 1 fully saturated rings. The first-order chi connectivity index (χ1) is 8.99. The molecular formula is C13H17Cl2N3O. The topological polar surface area (TPSA) is 36.4 Å². The Balaban J connectivity index is 2.08. The monoisotopic (exact) mass is 301 g/mol. The van der Waals surface area contributed by atoms with Crippen LogP contribution >= 0.6 is 23.2 Å². The van der Waals surface area contributed by atoms with Gasteiger partial charge in [-0.3, -0.25) is 4.79 Å². The number of halogens is 2. The van der Waals surface area contributed by atoms with Crippen molar-refractivity contribution in [3.8, 4) is 0 Å². The van der Waals surface area contributed by atoms with Gasteiger partial charge >= 0.3 is 0 Å². The summed E-state index contributed by atoms with van der Waals surface area (Å²) in [6.45, 7) is 2.03. The van der Waals surface area contributed by atoms with Crippen LogP contribution in [0.1, 0.15) is 23.2 Å². The molecule has 0 N–H and O–H groups in total. The predicted octanol–water partition coefficient (Wildman–Crippen LogP) is 2.55. The zero-order valence-electron chi connectivity index (χ0n) is 11.1. The Hall–Kier alpha value is -0.840. The van der Waals surface area contributed by atoms with E-state index >= 15 is 0 Å². The minimum absolute atomic E-state index is 0.0550. The number of amides is 1. The van der Waals surface area contributed by atoms with Crippen LogP contribution in [0.5, 0.6) is 0 Å². The second-order valence-electron chi connectivity index (χ2n) is 4.95. The van der Waals surface area contributed by atoms with Crippen LogP contribution in [0.3, 0.4) is 0 Å². The van der Waals surface area contributed by atoms with Crippen molar-refractivity contribution in [3.63, 3.8) is 0 Å². The molecule has 1 saturated heterocycles. The number of carbonyl (C=O) groups excluding carboxylic acids is 1. The van der Waals surface area contributed by atoms with Gasteiger partial charge in [-0.05, 0) is 39.0 Å². The zero-order chi connectivity index (χ0) is 14.0. The van der Waals surface area contributed by atoms with Crippen molar-refractivity contribution in [1.29, 1.82) is 0 Å². The number of piperidine rings is 1. The molecule has 0 atom stereocenters. The summed E-state index contributed by atoms with van der Waals surface area (Å²) >= 11 is 11.7. The third-order valence-corrected chi connectivity index (χ3v) is 4.29. The molecule has 6 heteroatoms. The summed E-state index contributed by atoms with van der Waals surface area (Å²) in [6.07, 6.45) is 3.46. The molecule has 1 amide bonds. The maximum atomic E-state index is 12.4. The van der Waals surface area contributed by atoms with E-state index in [-0.39, 0.29) is 17.1 Å². The first-order valence-electron chi connectivity index (χ1n) is 6.26. The quantitative estimate of drug-likeness (QED) is 0.788. The van der Waals surface area contributed by atoms with E-state index in [2.05, 4.69) is 16.9 Å². The molecule has 0 bridgehead atoms. The van der Waals surface area contributed by atoms with Gasteiger partial charge in [0.2, 0.25) is 0 Å². The maximum absolute atomic E-state index is 12.4. The van der Waals surface area contributed by atoms with Crippen LogP contribution in [0.4, 0.5) is 0 Å². The highest BCUT2D eigenvalue weighted by molar-refractivity contribution is 6.41. The normalized spacial score (nSPS) is 17.5. The van der Waals surface area contributed by atoms with Gasteiger partial charge in [-0.2, -0.15) is 0 Å². The smallest absolute Gasteiger partial charge is 0.255 e. The van der Waals surface area contributed by atoms with Crippen molar-refractivity contribution >= 4 is 29.1 Å². The number of rotatable bonds is 2. The van der Waals surface area contributed by atoms with Crippen molar-refractivity contribution < 1.29 is 4.79 Å². The van der Waals surface area contributed by atoms with Gasteiger partial charge in [0.15, 0.2) is 0 Å². The summed E-state index contributed by atoms with van der Waals surface area (Å²) < 4.78 is 0. The number of hydrogen-bond donors (Lipinski definition) is 0. The molecule has 0 spiro atoms. The third-order valence-electron chi connectivity index (χ3n) is 3.60. The fraction of sp³-hybridized carbons (Fsp3) is 0.538. The first-order valence-corrected chi connectivity index (χ1v) is 7.01. The molecule has 104 valence electrons. The highest BCUT2D eigenvalue weighted by Crippen LogP contribution is 2.22. The van der Waals surface area contributed by atoms with Gasteiger partial charge in [-0.1, -0.05) is 23.2 Å². The summed E-state index contributed by atoms with van der Waals surface area (Å²) in [5.74, 6) is -0.0550. The van der Waals surface area contributed by atoms with Gasteiger partial charge in [0, 0.05) is 19.3 Å². The van der Waals surface area contributed by atoms with Gasteiger partial charge in [-0.15, -0.1) is 0 Å². The Kier molecular flexibility index (Phi) is 4.66. The van der Waals surface area contributed by atoms with Crippen LogP contribution in [-0.2, 0) is 0 Å². The lowest BCUT2D eigenvalue weighted by atomic mass is 10.0. The molecule has 2 heterocycles. The van der Waals surface area contributed by atoms with Gasteiger partial charge in [-0.25, -0.2) is 4.98 Å². The Morgan fingerprint density at radius 1 is 1.42 bits per heavy atom. The summed E-state index contributed by atoms with van der Waals surface area (Å²) in [4.78, 5) is 20.3. The first kappa shape index (κ1) is 14.6. The summed E-state index contributed by atoms with van der Waals surface area (Å²) in [6, 6.07) is 1.85. The van der Waals surface area contributed by atoms with Gasteiger partial charge < -0.3 is 9.80 Å². The molecule has 0 aromatic carbocycles. The average molecular weight is 302 g/mol. The third kappa shape index (κ3) is 3.38. The summed E-state index contributed by atoms with van der Waals surface area (Å²) in [5.41, 5.74) is 0.482. The number of nitrogens with zero attached hydrogens (tertiary/aromatic N) is 3. The maximum Gasteiger partial charge on any atom is 0.255 e. The number of hydrogen-bond acceptors (Lipinski definition) is 3. The van der Waals surface area contributed by atoms with Crippen LogP contribution in [0.15, 0.2) is 12.3 Å². The standard InChI is InChI=1S/C13H17Cl2N3O/c1-17-5-3-10(4-6-17)18(2)13(19)9-7-11(14)12(15)16-8-9/h7-8,10H,3-6H2,1-2H3.